The highest BCUT2D eigenvalue weighted by atomic mass is 79.9. The monoisotopic (exact) mass is 433 g/mol. The van der Waals surface area contributed by atoms with Gasteiger partial charge in [-0.1, -0.05) is 39.8 Å². The van der Waals surface area contributed by atoms with Crippen molar-refractivity contribution in [1.82, 2.24) is 0 Å². The molecule has 1 atom stereocenters. The number of nitrogens with two attached hydrogens (primary N) is 1. The first-order valence-electron chi connectivity index (χ1n) is 7.76. The van der Waals surface area contributed by atoms with Crippen LogP contribution >= 0.6 is 27.7 Å². The van der Waals surface area contributed by atoms with Gasteiger partial charge in [0.1, 0.15) is 11.0 Å². The SMILES string of the molecule is COc1ccccc1N1C(=O)CC(SC(N)=Nc2ccc(Br)cc2)C1=O. The Morgan fingerprint density at radius 1 is 1.23 bits per heavy atom. The van der Waals surface area contributed by atoms with Crippen molar-refractivity contribution < 1.29 is 14.3 Å². The maximum absolute atomic E-state index is 12.7. The number of amides is 2. The minimum Gasteiger partial charge on any atom is -0.495 e. The van der Waals surface area contributed by atoms with E-state index in [-0.39, 0.29) is 23.4 Å². The lowest BCUT2D eigenvalue weighted by Crippen LogP contribution is -2.32. The molecular formula is C18H16BrN3O3S. The van der Waals surface area contributed by atoms with E-state index in [0.717, 1.165) is 21.1 Å². The summed E-state index contributed by atoms with van der Waals surface area (Å²) in [5.74, 6) is -0.136. The van der Waals surface area contributed by atoms with Gasteiger partial charge in [-0.15, -0.1) is 0 Å². The van der Waals surface area contributed by atoms with E-state index in [9.17, 15) is 9.59 Å². The number of amidine groups is 1. The Bertz CT molecular complexity index is 870. The fourth-order valence-corrected chi connectivity index (χ4v) is 3.72. The van der Waals surface area contributed by atoms with Gasteiger partial charge in [-0.05, 0) is 36.4 Å². The Balaban J connectivity index is 1.77. The maximum Gasteiger partial charge on any atom is 0.248 e. The number of hydrogen-bond acceptors (Lipinski definition) is 5. The van der Waals surface area contributed by atoms with Gasteiger partial charge >= 0.3 is 0 Å². The van der Waals surface area contributed by atoms with E-state index in [2.05, 4.69) is 20.9 Å². The van der Waals surface area contributed by atoms with Crippen LogP contribution in [0.4, 0.5) is 11.4 Å². The lowest BCUT2D eigenvalue weighted by atomic mass is 10.2. The molecule has 2 N–H and O–H groups in total. The second-order valence-electron chi connectivity index (χ2n) is 5.48. The van der Waals surface area contributed by atoms with Crippen LogP contribution < -0.4 is 15.4 Å². The molecule has 0 aliphatic carbocycles. The molecule has 6 nitrogen and oxygen atoms in total. The van der Waals surface area contributed by atoms with Gasteiger partial charge in [-0.2, -0.15) is 0 Å². The van der Waals surface area contributed by atoms with Crippen molar-refractivity contribution >= 4 is 56.0 Å². The minimum absolute atomic E-state index is 0.0676. The first-order chi connectivity index (χ1) is 12.5. The molecule has 1 aliphatic rings. The molecule has 0 radical (unpaired) electrons. The van der Waals surface area contributed by atoms with Crippen LogP contribution in [0, 0.1) is 0 Å². The van der Waals surface area contributed by atoms with Gasteiger partial charge in [-0.25, -0.2) is 9.89 Å². The number of nitrogens with zero attached hydrogens (tertiary/aromatic N) is 2. The third-order valence-electron chi connectivity index (χ3n) is 3.76. The maximum atomic E-state index is 12.7. The Hall–Kier alpha value is -2.32. The molecule has 1 unspecified atom stereocenters. The fraction of sp³-hybridized carbons (Fsp3) is 0.167. The van der Waals surface area contributed by atoms with Gasteiger partial charge in [0.15, 0.2) is 5.17 Å². The van der Waals surface area contributed by atoms with Gasteiger partial charge < -0.3 is 10.5 Å². The molecule has 3 rings (SSSR count). The van der Waals surface area contributed by atoms with Gasteiger partial charge in [0.2, 0.25) is 11.8 Å². The highest BCUT2D eigenvalue weighted by Gasteiger charge is 2.41. The van der Waals surface area contributed by atoms with Gasteiger partial charge in [-0.3, -0.25) is 9.59 Å². The van der Waals surface area contributed by atoms with Crippen molar-refractivity contribution in [2.45, 2.75) is 11.7 Å². The summed E-state index contributed by atoms with van der Waals surface area (Å²) < 4.78 is 6.19. The van der Waals surface area contributed by atoms with Crippen LogP contribution in [-0.2, 0) is 9.59 Å². The van der Waals surface area contributed by atoms with Crippen molar-refractivity contribution in [3.05, 3.63) is 53.0 Å². The molecule has 1 saturated heterocycles. The molecule has 134 valence electrons. The number of carbonyl (C=O) groups is 2. The average Bonchev–Trinajstić information content (AvgIpc) is 2.90. The van der Waals surface area contributed by atoms with Gasteiger partial charge in [0, 0.05) is 10.9 Å². The van der Waals surface area contributed by atoms with Crippen molar-refractivity contribution in [3.63, 3.8) is 0 Å². The number of halogens is 1. The molecular weight excluding hydrogens is 418 g/mol. The molecule has 0 bridgehead atoms. The van der Waals surface area contributed by atoms with Crippen molar-refractivity contribution in [2.24, 2.45) is 10.7 Å². The number of hydrogen-bond donors (Lipinski definition) is 1. The largest absolute Gasteiger partial charge is 0.495 e. The highest BCUT2D eigenvalue weighted by Crippen LogP contribution is 2.35. The predicted molar refractivity (Wildman–Crippen MR) is 107 cm³/mol. The van der Waals surface area contributed by atoms with E-state index in [1.807, 2.05) is 12.1 Å². The lowest BCUT2D eigenvalue weighted by Gasteiger charge is -2.17. The zero-order valence-electron chi connectivity index (χ0n) is 13.9. The van der Waals surface area contributed by atoms with Crippen LogP contribution in [-0.4, -0.2) is 29.3 Å². The van der Waals surface area contributed by atoms with E-state index in [4.69, 9.17) is 10.5 Å². The second kappa shape index (κ2) is 7.92. The molecule has 26 heavy (non-hydrogen) atoms. The topological polar surface area (TPSA) is 85.0 Å². The Morgan fingerprint density at radius 2 is 1.92 bits per heavy atom. The molecule has 2 aromatic rings. The number of anilines is 1. The van der Waals surface area contributed by atoms with Crippen LogP contribution in [0.15, 0.2) is 58.0 Å². The number of rotatable bonds is 4. The lowest BCUT2D eigenvalue weighted by molar-refractivity contribution is -0.121. The van der Waals surface area contributed by atoms with Crippen LogP contribution in [0.2, 0.25) is 0 Å². The Labute approximate surface area is 163 Å². The number of ether oxygens (including phenoxy) is 1. The van der Waals surface area contributed by atoms with E-state index in [1.54, 1.807) is 36.4 Å². The van der Waals surface area contributed by atoms with Crippen LogP contribution in [0.1, 0.15) is 6.42 Å². The Morgan fingerprint density at radius 3 is 2.62 bits per heavy atom. The smallest absolute Gasteiger partial charge is 0.248 e. The summed E-state index contributed by atoms with van der Waals surface area (Å²) >= 11 is 4.45. The zero-order valence-corrected chi connectivity index (χ0v) is 16.3. The summed E-state index contributed by atoms with van der Waals surface area (Å²) in [6.07, 6.45) is 0.0676. The summed E-state index contributed by atoms with van der Waals surface area (Å²) in [5.41, 5.74) is 7.08. The number of carbonyl (C=O) groups excluding carboxylic acids is 2. The summed E-state index contributed by atoms with van der Waals surface area (Å²) in [5, 5.41) is -0.369. The molecule has 8 heteroatoms. The van der Waals surface area contributed by atoms with Crippen LogP contribution in [0.25, 0.3) is 0 Å². The summed E-state index contributed by atoms with van der Waals surface area (Å²) in [6.45, 7) is 0. The van der Waals surface area contributed by atoms with Gasteiger partial charge in [0.05, 0.1) is 18.5 Å². The molecule has 2 aromatic carbocycles. The normalized spacial score (nSPS) is 17.7. The molecule has 1 aliphatic heterocycles. The predicted octanol–water partition coefficient (Wildman–Crippen LogP) is 3.47. The van der Waals surface area contributed by atoms with Crippen molar-refractivity contribution in [3.8, 4) is 5.75 Å². The third kappa shape index (κ3) is 3.91. The summed E-state index contributed by atoms with van der Waals surface area (Å²) in [4.78, 5) is 30.6. The molecule has 1 heterocycles. The quantitative estimate of drug-likeness (QED) is 0.453. The van der Waals surface area contributed by atoms with Crippen molar-refractivity contribution in [2.75, 3.05) is 12.0 Å². The molecule has 1 fully saturated rings. The van der Waals surface area contributed by atoms with Crippen LogP contribution in [0.5, 0.6) is 5.75 Å². The number of imide groups is 1. The highest BCUT2D eigenvalue weighted by molar-refractivity contribution is 9.10. The zero-order chi connectivity index (χ0) is 18.7. The van der Waals surface area contributed by atoms with Crippen LogP contribution in [0.3, 0.4) is 0 Å². The second-order valence-corrected chi connectivity index (χ2v) is 7.62. The van der Waals surface area contributed by atoms with E-state index in [0.29, 0.717) is 17.1 Å². The number of methoxy groups -OCH3 is 1. The standard InChI is InChI=1S/C18H16BrN3O3S/c1-25-14-5-3-2-4-13(14)22-16(23)10-15(17(22)24)26-18(20)21-12-8-6-11(19)7-9-12/h2-9,15H,10H2,1H3,(H2,20,21). The third-order valence-corrected chi connectivity index (χ3v) is 5.27. The van der Waals surface area contributed by atoms with E-state index < -0.39 is 5.25 Å². The number of para-hydroxylation sites is 2. The number of benzene rings is 2. The Kier molecular flexibility index (Phi) is 5.63. The van der Waals surface area contributed by atoms with E-state index in [1.165, 1.54) is 7.11 Å². The first-order valence-corrected chi connectivity index (χ1v) is 9.43. The minimum atomic E-state index is -0.605. The summed E-state index contributed by atoms with van der Waals surface area (Å²) in [6, 6.07) is 14.2. The molecule has 0 aromatic heterocycles. The van der Waals surface area contributed by atoms with Crippen molar-refractivity contribution in [1.29, 1.82) is 0 Å². The van der Waals surface area contributed by atoms with Gasteiger partial charge in [0.25, 0.3) is 0 Å². The fourth-order valence-electron chi connectivity index (χ4n) is 2.58. The molecule has 0 spiro atoms. The summed E-state index contributed by atoms with van der Waals surface area (Å²) in [7, 11) is 1.50. The first kappa shape index (κ1) is 18.5. The molecule has 2 amide bonds. The average molecular weight is 434 g/mol. The number of aliphatic imine (C=N–C) groups is 1. The van der Waals surface area contributed by atoms with E-state index >= 15 is 0 Å². The number of thioether (sulfide) groups is 1. The molecule has 0 saturated carbocycles.